The molecule has 0 aliphatic carbocycles. The molecular weight excluding hydrogens is 507 g/mol. The minimum absolute atomic E-state index is 0.000745. The summed E-state index contributed by atoms with van der Waals surface area (Å²) in [5, 5.41) is 39.2. The van der Waals surface area contributed by atoms with E-state index in [-0.39, 0.29) is 13.0 Å². The summed E-state index contributed by atoms with van der Waals surface area (Å²) in [7, 11) is 0. The molecule has 12 nitrogen and oxygen atoms in total. The highest BCUT2D eigenvalue weighted by molar-refractivity contribution is 5.85. The minimum Gasteiger partial charge on any atom is -0.489 e. The van der Waals surface area contributed by atoms with E-state index in [0.29, 0.717) is 23.3 Å². The smallest absolute Gasteiger partial charge is 0.413 e. The van der Waals surface area contributed by atoms with E-state index in [9.17, 15) is 39.2 Å². The summed E-state index contributed by atoms with van der Waals surface area (Å²) < 4.78 is 29.6. The Hall–Kier alpha value is -3.78. The number of hydrogen-bond acceptors (Lipinski definition) is 9. The number of nitrogens with zero attached hydrogens (tertiary/aromatic N) is 1. The Morgan fingerprint density at radius 1 is 1.00 bits per heavy atom. The van der Waals surface area contributed by atoms with Gasteiger partial charge in [-0.25, -0.2) is 14.0 Å². The van der Waals surface area contributed by atoms with Gasteiger partial charge in [0.05, 0.1) is 6.04 Å². The van der Waals surface area contributed by atoms with Gasteiger partial charge in [0.1, 0.15) is 42.5 Å². The van der Waals surface area contributed by atoms with Crippen LogP contribution in [0.2, 0.25) is 0 Å². The van der Waals surface area contributed by atoms with Crippen LogP contribution in [-0.4, -0.2) is 80.0 Å². The molecule has 2 heterocycles. The van der Waals surface area contributed by atoms with Crippen LogP contribution in [0.15, 0.2) is 48.5 Å². The lowest BCUT2D eigenvalue weighted by Crippen LogP contribution is -2.61. The lowest BCUT2D eigenvalue weighted by atomic mass is 9.99. The van der Waals surface area contributed by atoms with Gasteiger partial charge in [0.15, 0.2) is 6.10 Å². The number of aliphatic carboxylic acids is 1. The van der Waals surface area contributed by atoms with Gasteiger partial charge in [-0.2, -0.15) is 0 Å². The number of rotatable bonds is 7. The number of aliphatic hydroxyl groups is 3. The van der Waals surface area contributed by atoms with Crippen molar-refractivity contribution < 1.29 is 53.4 Å². The lowest BCUT2D eigenvalue weighted by Gasteiger charge is -2.39. The van der Waals surface area contributed by atoms with E-state index in [4.69, 9.17) is 19.9 Å². The summed E-state index contributed by atoms with van der Waals surface area (Å²) in [6, 6.07) is 10.9. The summed E-state index contributed by atoms with van der Waals surface area (Å²) in [4.78, 5) is 37.6. The second-order valence-corrected chi connectivity index (χ2v) is 8.99. The molecule has 2 unspecified atom stereocenters. The summed E-state index contributed by atoms with van der Waals surface area (Å²) in [6.45, 7) is -0.000745. The maximum absolute atomic E-state index is 13.8. The molecule has 2 fully saturated rings. The predicted molar refractivity (Wildman–Crippen MR) is 125 cm³/mol. The maximum Gasteiger partial charge on any atom is 0.413 e. The van der Waals surface area contributed by atoms with E-state index < -0.39 is 66.6 Å². The summed E-state index contributed by atoms with van der Waals surface area (Å²) in [5.41, 5.74) is 6.46. The second kappa shape index (κ2) is 11.3. The lowest BCUT2D eigenvalue weighted by molar-refractivity contribution is -0.280. The molecule has 2 aromatic carbocycles. The Morgan fingerprint density at radius 3 is 2.32 bits per heavy atom. The first-order chi connectivity index (χ1) is 18.1. The first-order valence-electron chi connectivity index (χ1n) is 11.8. The van der Waals surface area contributed by atoms with Crippen molar-refractivity contribution >= 4 is 18.0 Å². The zero-order chi connectivity index (χ0) is 27.6. The molecule has 7 atom stereocenters. The number of benzene rings is 2. The van der Waals surface area contributed by atoms with Crippen molar-refractivity contribution in [3.8, 4) is 5.75 Å². The van der Waals surface area contributed by atoms with E-state index >= 15 is 0 Å². The number of hydrogen-bond donors (Lipinski definition) is 5. The molecule has 0 aromatic heterocycles. The van der Waals surface area contributed by atoms with E-state index in [0.717, 1.165) is 4.90 Å². The Morgan fingerprint density at radius 2 is 1.68 bits per heavy atom. The van der Waals surface area contributed by atoms with Crippen LogP contribution in [0.3, 0.4) is 0 Å². The second-order valence-electron chi connectivity index (χ2n) is 8.99. The number of carbonyl (C=O) groups is 3. The van der Waals surface area contributed by atoms with Crippen LogP contribution in [0.25, 0.3) is 0 Å². The van der Waals surface area contributed by atoms with Crippen molar-refractivity contribution in [3.63, 3.8) is 0 Å². The third-order valence-corrected chi connectivity index (χ3v) is 6.57. The first kappa shape index (κ1) is 27.3. The van der Waals surface area contributed by atoms with Gasteiger partial charge < -0.3 is 40.4 Å². The molecule has 4 rings (SSSR count). The molecular formula is C25H27FN2O10. The van der Waals surface area contributed by atoms with Gasteiger partial charge in [0, 0.05) is 5.56 Å². The van der Waals surface area contributed by atoms with Gasteiger partial charge in [0.2, 0.25) is 12.2 Å². The molecule has 0 bridgehead atoms. The van der Waals surface area contributed by atoms with Gasteiger partial charge in [0.25, 0.3) is 0 Å². The number of ether oxygens (including phenoxy) is 3. The van der Waals surface area contributed by atoms with Gasteiger partial charge in [-0.3, -0.25) is 9.69 Å². The van der Waals surface area contributed by atoms with Crippen LogP contribution in [0.5, 0.6) is 5.75 Å². The first-order valence-corrected chi connectivity index (χ1v) is 11.8. The molecule has 2 saturated heterocycles. The zero-order valence-corrected chi connectivity index (χ0v) is 19.9. The van der Waals surface area contributed by atoms with Crippen LogP contribution < -0.4 is 10.5 Å². The van der Waals surface area contributed by atoms with Crippen LogP contribution in [-0.2, 0) is 25.7 Å². The molecule has 2 aromatic rings. The average Bonchev–Trinajstić information content (AvgIpc) is 3.34. The number of primary amides is 1. The van der Waals surface area contributed by atoms with Crippen molar-refractivity contribution in [2.45, 2.75) is 62.2 Å². The van der Waals surface area contributed by atoms with E-state index in [1.807, 2.05) is 0 Å². The maximum atomic E-state index is 13.8. The third kappa shape index (κ3) is 5.55. The summed E-state index contributed by atoms with van der Waals surface area (Å²) >= 11 is 0. The standard InChI is InChI=1S/C25H27FN2O10/c26-15-4-2-1-3-13(15)11-36-14-7-5-12(6-8-14)16-9-10-17(22(27)32)28(16)25(35)38-24-20(31)18(29)19(30)21(37-24)23(33)34/h1-8,16-21,24,29-31H,9-11H2,(H2,27,32)(H,33,34)/t16-,17+,18+,19?,20?,21+,24+/m1/s1. The number of aliphatic hydroxyl groups excluding tert-OH is 3. The molecule has 13 heteroatoms. The van der Waals surface area contributed by atoms with Crippen molar-refractivity contribution in [1.29, 1.82) is 0 Å². The number of carbonyl (C=O) groups excluding carboxylic acids is 2. The average molecular weight is 534 g/mol. The Labute approximate surface area is 215 Å². The van der Waals surface area contributed by atoms with Crippen LogP contribution >= 0.6 is 0 Å². The Kier molecular flexibility index (Phi) is 8.11. The molecule has 38 heavy (non-hydrogen) atoms. The number of carboxylic acids is 1. The molecule has 6 N–H and O–H groups in total. The minimum atomic E-state index is -1.97. The fourth-order valence-electron chi connectivity index (χ4n) is 4.54. The van der Waals surface area contributed by atoms with E-state index in [1.54, 1.807) is 42.5 Å². The normalized spacial score (nSPS) is 29.1. The highest BCUT2D eigenvalue weighted by atomic mass is 19.1. The third-order valence-electron chi connectivity index (χ3n) is 6.57. The van der Waals surface area contributed by atoms with Crippen molar-refractivity contribution in [2.24, 2.45) is 5.73 Å². The Bertz CT molecular complexity index is 1180. The molecule has 2 aliphatic rings. The van der Waals surface area contributed by atoms with Crippen LogP contribution in [0.1, 0.15) is 30.0 Å². The molecule has 0 radical (unpaired) electrons. The molecule has 0 spiro atoms. The van der Waals surface area contributed by atoms with E-state index in [1.165, 1.54) is 6.07 Å². The van der Waals surface area contributed by atoms with Crippen molar-refractivity contribution in [3.05, 3.63) is 65.5 Å². The monoisotopic (exact) mass is 534 g/mol. The number of nitrogens with two attached hydrogens (primary N) is 1. The van der Waals surface area contributed by atoms with Crippen LogP contribution in [0.4, 0.5) is 9.18 Å². The topological polar surface area (TPSA) is 189 Å². The van der Waals surface area contributed by atoms with E-state index in [2.05, 4.69) is 0 Å². The summed E-state index contributed by atoms with van der Waals surface area (Å²) in [5.74, 6) is -2.42. The number of halogens is 1. The summed E-state index contributed by atoms with van der Waals surface area (Å²) in [6.07, 6.45) is -10.4. The Balaban J connectivity index is 1.49. The molecule has 204 valence electrons. The number of likely N-dealkylation sites (tertiary alicyclic amines) is 1. The van der Waals surface area contributed by atoms with Crippen molar-refractivity contribution in [2.75, 3.05) is 0 Å². The van der Waals surface area contributed by atoms with Crippen molar-refractivity contribution in [1.82, 2.24) is 4.90 Å². The highest BCUT2D eigenvalue weighted by Gasteiger charge is 2.50. The van der Waals surface area contributed by atoms with Gasteiger partial charge >= 0.3 is 12.1 Å². The van der Waals surface area contributed by atoms with Gasteiger partial charge in [-0.05, 0) is 36.6 Å². The fourth-order valence-corrected chi connectivity index (χ4v) is 4.54. The highest BCUT2D eigenvalue weighted by Crippen LogP contribution is 2.38. The number of carboxylic acid groups (broad SMARTS) is 1. The fraction of sp³-hybridized carbons (Fsp3) is 0.400. The molecule has 2 aliphatic heterocycles. The zero-order valence-electron chi connectivity index (χ0n) is 19.9. The molecule has 2 amide bonds. The van der Waals surface area contributed by atoms with Crippen LogP contribution in [0, 0.1) is 5.82 Å². The SMILES string of the molecule is NC(=O)[C@@H]1CC[C@H](c2ccc(OCc3ccccc3F)cc2)N1C(=O)O[C@@H]1O[C@H](C(=O)O)C(O)[C@H](O)C1O. The van der Waals surface area contributed by atoms with Gasteiger partial charge in [-0.15, -0.1) is 0 Å². The predicted octanol–water partition coefficient (Wildman–Crippen LogP) is 0.424. The molecule has 0 saturated carbocycles. The van der Waals surface area contributed by atoms with Gasteiger partial charge in [-0.1, -0.05) is 30.3 Å². The number of amides is 2. The largest absolute Gasteiger partial charge is 0.489 e. The quantitative estimate of drug-likeness (QED) is 0.333.